The summed E-state index contributed by atoms with van der Waals surface area (Å²) >= 11 is 0. The van der Waals surface area contributed by atoms with Gasteiger partial charge in [0, 0.05) is 19.3 Å². The second-order valence-electron chi connectivity index (χ2n) is 4.82. The standard InChI is InChI=1S/C12H20N4O2/c1-12(2,3)18-11(17)16-7-6-15-10-4-5-14-8-9(10)13/h4-5,8H,6-7,13H2,1-3H3,(H,14,15)(H,16,17). The maximum atomic E-state index is 11.3. The van der Waals surface area contributed by atoms with Crippen LogP contribution in [0.2, 0.25) is 0 Å². The second kappa shape index (κ2) is 6.09. The van der Waals surface area contributed by atoms with Gasteiger partial charge in [-0.3, -0.25) is 4.98 Å². The Morgan fingerprint density at radius 2 is 2.17 bits per heavy atom. The predicted octanol–water partition coefficient (Wildman–Crippen LogP) is 1.60. The van der Waals surface area contributed by atoms with Crippen molar-refractivity contribution >= 4 is 17.5 Å². The molecule has 0 aliphatic carbocycles. The summed E-state index contributed by atoms with van der Waals surface area (Å²) in [5.41, 5.74) is 6.61. The summed E-state index contributed by atoms with van der Waals surface area (Å²) in [5, 5.41) is 5.74. The minimum Gasteiger partial charge on any atom is -0.444 e. The molecule has 18 heavy (non-hydrogen) atoms. The summed E-state index contributed by atoms with van der Waals surface area (Å²) in [6, 6.07) is 1.78. The molecule has 0 unspecified atom stereocenters. The highest BCUT2D eigenvalue weighted by Crippen LogP contribution is 2.14. The number of hydrogen-bond donors (Lipinski definition) is 3. The quantitative estimate of drug-likeness (QED) is 0.708. The summed E-state index contributed by atoms with van der Waals surface area (Å²) in [6.45, 7) is 6.48. The summed E-state index contributed by atoms with van der Waals surface area (Å²) in [7, 11) is 0. The van der Waals surface area contributed by atoms with E-state index >= 15 is 0 Å². The Morgan fingerprint density at radius 3 is 2.78 bits per heavy atom. The first-order valence-corrected chi connectivity index (χ1v) is 5.79. The van der Waals surface area contributed by atoms with E-state index in [4.69, 9.17) is 10.5 Å². The number of nitrogens with zero attached hydrogens (tertiary/aromatic N) is 1. The van der Waals surface area contributed by atoms with Crippen molar-refractivity contribution in [1.29, 1.82) is 0 Å². The van der Waals surface area contributed by atoms with E-state index in [0.29, 0.717) is 18.8 Å². The Balaban J connectivity index is 2.23. The molecule has 0 saturated carbocycles. The number of aromatic nitrogens is 1. The highest BCUT2D eigenvalue weighted by Gasteiger charge is 2.15. The molecule has 0 aliphatic rings. The molecule has 0 aliphatic heterocycles. The molecular formula is C12H20N4O2. The average molecular weight is 252 g/mol. The topological polar surface area (TPSA) is 89.3 Å². The lowest BCUT2D eigenvalue weighted by molar-refractivity contribution is 0.0530. The van der Waals surface area contributed by atoms with Gasteiger partial charge in [0.2, 0.25) is 0 Å². The number of nitrogens with one attached hydrogen (secondary N) is 2. The van der Waals surface area contributed by atoms with Crippen molar-refractivity contribution in [2.24, 2.45) is 0 Å². The van der Waals surface area contributed by atoms with E-state index in [9.17, 15) is 4.79 Å². The van der Waals surface area contributed by atoms with Crippen LogP contribution in [0.4, 0.5) is 16.2 Å². The molecular weight excluding hydrogens is 232 g/mol. The molecule has 6 heteroatoms. The monoisotopic (exact) mass is 252 g/mol. The summed E-state index contributed by atoms with van der Waals surface area (Å²) in [5.74, 6) is 0. The van der Waals surface area contributed by atoms with Crippen molar-refractivity contribution < 1.29 is 9.53 Å². The van der Waals surface area contributed by atoms with Crippen molar-refractivity contribution in [3.8, 4) is 0 Å². The Bertz CT molecular complexity index is 401. The van der Waals surface area contributed by atoms with E-state index in [0.717, 1.165) is 5.69 Å². The minimum atomic E-state index is -0.479. The molecule has 0 radical (unpaired) electrons. The van der Waals surface area contributed by atoms with Crippen LogP contribution < -0.4 is 16.4 Å². The molecule has 0 fully saturated rings. The molecule has 6 nitrogen and oxygen atoms in total. The highest BCUT2D eigenvalue weighted by molar-refractivity contribution is 5.68. The Hall–Kier alpha value is -1.98. The van der Waals surface area contributed by atoms with Crippen LogP contribution in [-0.2, 0) is 4.74 Å². The fourth-order valence-corrected chi connectivity index (χ4v) is 1.24. The van der Waals surface area contributed by atoms with Crippen molar-refractivity contribution in [3.05, 3.63) is 18.5 Å². The van der Waals surface area contributed by atoms with E-state index in [1.807, 2.05) is 20.8 Å². The summed E-state index contributed by atoms with van der Waals surface area (Å²) in [6.07, 6.45) is 2.80. The summed E-state index contributed by atoms with van der Waals surface area (Å²) < 4.78 is 5.10. The zero-order valence-corrected chi connectivity index (χ0v) is 11.0. The lowest BCUT2D eigenvalue weighted by atomic mass is 10.2. The van der Waals surface area contributed by atoms with Crippen LogP contribution in [0.25, 0.3) is 0 Å². The average Bonchev–Trinajstić information content (AvgIpc) is 2.24. The highest BCUT2D eigenvalue weighted by atomic mass is 16.6. The molecule has 1 aromatic rings. The second-order valence-corrected chi connectivity index (χ2v) is 4.82. The van der Waals surface area contributed by atoms with Gasteiger partial charge < -0.3 is 21.1 Å². The molecule has 1 heterocycles. The Morgan fingerprint density at radius 1 is 1.44 bits per heavy atom. The van der Waals surface area contributed by atoms with Crippen LogP contribution in [0.5, 0.6) is 0 Å². The van der Waals surface area contributed by atoms with Gasteiger partial charge in [0.1, 0.15) is 5.60 Å². The smallest absolute Gasteiger partial charge is 0.407 e. The third kappa shape index (κ3) is 5.38. The van der Waals surface area contributed by atoms with Crippen molar-refractivity contribution in [3.63, 3.8) is 0 Å². The molecule has 4 N–H and O–H groups in total. The first-order chi connectivity index (χ1) is 8.38. The molecule has 0 bridgehead atoms. The van der Waals surface area contributed by atoms with Crippen LogP contribution >= 0.6 is 0 Å². The number of amides is 1. The summed E-state index contributed by atoms with van der Waals surface area (Å²) in [4.78, 5) is 15.2. The number of nitrogens with two attached hydrogens (primary N) is 1. The van der Waals surface area contributed by atoms with Gasteiger partial charge in [-0.15, -0.1) is 0 Å². The number of alkyl carbamates (subject to hydrolysis) is 1. The Labute approximate surface area is 107 Å². The molecule has 1 aromatic heterocycles. The van der Waals surface area contributed by atoms with Gasteiger partial charge in [-0.05, 0) is 26.8 Å². The van der Waals surface area contributed by atoms with Gasteiger partial charge in [-0.1, -0.05) is 0 Å². The number of carbonyl (C=O) groups is 1. The molecule has 1 amide bonds. The van der Waals surface area contributed by atoms with E-state index in [1.165, 1.54) is 0 Å². The zero-order chi connectivity index (χ0) is 13.6. The number of rotatable bonds is 4. The predicted molar refractivity (Wildman–Crippen MR) is 71.4 cm³/mol. The van der Waals surface area contributed by atoms with Crippen molar-refractivity contribution in [2.45, 2.75) is 26.4 Å². The molecule has 0 aromatic carbocycles. The fraction of sp³-hybridized carbons (Fsp3) is 0.500. The SMILES string of the molecule is CC(C)(C)OC(=O)NCCNc1ccncc1N. The van der Waals surface area contributed by atoms with Gasteiger partial charge in [-0.2, -0.15) is 0 Å². The first-order valence-electron chi connectivity index (χ1n) is 5.79. The number of carbonyl (C=O) groups excluding carboxylic acids is 1. The number of nitrogen functional groups attached to an aromatic ring is 1. The van der Waals surface area contributed by atoms with Gasteiger partial charge >= 0.3 is 6.09 Å². The largest absolute Gasteiger partial charge is 0.444 e. The van der Waals surface area contributed by atoms with Crippen LogP contribution in [0.15, 0.2) is 18.5 Å². The fourth-order valence-electron chi connectivity index (χ4n) is 1.24. The van der Waals surface area contributed by atoms with E-state index in [2.05, 4.69) is 15.6 Å². The molecule has 0 saturated heterocycles. The maximum absolute atomic E-state index is 11.3. The van der Waals surface area contributed by atoms with E-state index in [1.54, 1.807) is 18.5 Å². The van der Waals surface area contributed by atoms with Crippen LogP contribution in [0.1, 0.15) is 20.8 Å². The van der Waals surface area contributed by atoms with Gasteiger partial charge in [-0.25, -0.2) is 4.79 Å². The van der Waals surface area contributed by atoms with Crippen LogP contribution in [-0.4, -0.2) is 29.8 Å². The van der Waals surface area contributed by atoms with Crippen LogP contribution in [0.3, 0.4) is 0 Å². The molecule has 100 valence electrons. The van der Waals surface area contributed by atoms with Gasteiger partial charge in [0.15, 0.2) is 0 Å². The number of anilines is 2. The zero-order valence-electron chi connectivity index (χ0n) is 11.0. The maximum Gasteiger partial charge on any atom is 0.407 e. The van der Waals surface area contributed by atoms with Crippen molar-refractivity contribution in [1.82, 2.24) is 10.3 Å². The Kier molecular flexibility index (Phi) is 4.76. The number of hydrogen-bond acceptors (Lipinski definition) is 5. The molecule has 0 spiro atoms. The van der Waals surface area contributed by atoms with Gasteiger partial charge in [0.05, 0.1) is 17.6 Å². The first kappa shape index (κ1) is 14.1. The molecule has 1 rings (SSSR count). The lowest BCUT2D eigenvalue weighted by Gasteiger charge is -2.19. The molecule has 0 atom stereocenters. The van der Waals surface area contributed by atoms with Gasteiger partial charge in [0.25, 0.3) is 0 Å². The number of pyridine rings is 1. The van der Waals surface area contributed by atoms with E-state index < -0.39 is 11.7 Å². The number of ether oxygens (including phenoxy) is 1. The third-order valence-corrected chi connectivity index (χ3v) is 1.96. The minimum absolute atomic E-state index is 0.424. The normalized spacial score (nSPS) is 10.8. The van der Waals surface area contributed by atoms with E-state index in [-0.39, 0.29) is 0 Å². The van der Waals surface area contributed by atoms with Crippen LogP contribution in [0, 0.1) is 0 Å². The van der Waals surface area contributed by atoms with Crippen molar-refractivity contribution in [2.75, 3.05) is 24.1 Å². The third-order valence-electron chi connectivity index (χ3n) is 1.96. The lowest BCUT2D eigenvalue weighted by Crippen LogP contribution is -2.35.